The van der Waals surface area contributed by atoms with Gasteiger partial charge in [0, 0.05) is 6.54 Å². The molecule has 6 heteroatoms. The van der Waals surface area contributed by atoms with Crippen molar-refractivity contribution < 1.29 is 9.84 Å². The van der Waals surface area contributed by atoms with Crippen LogP contribution in [0, 0.1) is 11.3 Å². The van der Waals surface area contributed by atoms with E-state index in [1.165, 1.54) is 12.4 Å². The lowest BCUT2D eigenvalue weighted by molar-refractivity contribution is 0.190. The molecule has 3 aromatic rings. The van der Waals surface area contributed by atoms with E-state index in [9.17, 15) is 5.11 Å². The van der Waals surface area contributed by atoms with Crippen LogP contribution in [0.15, 0.2) is 67.0 Å². The Balaban J connectivity index is 1.57. The molecule has 1 heterocycles. The van der Waals surface area contributed by atoms with Crippen molar-refractivity contribution in [3.63, 3.8) is 0 Å². The number of hydrogen-bond acceptors (Lipinski definition) is 6. The van der Waals surface area contributed by atoms with E-state index >= 15 is 0 Å². The standard InChI is InChI=1S/C20H18N4O2/c21-10-17-11-23-20(13-22-17)24-12-19(25)16-7-4-8-18(9-16)26-14-15-5-2-1-3-6-15/h1-9,11,13,19,25H,12,14H2,(H,23,24). The van der Waals surface area contributed by atoms with Crippen molar-refractivity contribution in [2.45, 2.75) is 12.7 Å². The Kier molecular flexibility index (Phi) is 5.76. The molecule has 0 spiro atoms. The predicted octanol–water partition coefficient (Wildman–Crippen LogP) is 3.07. The molecular weight excluding hydrogens is 328 g/mol. The van der Waals surface area contributed by atoms with Crippen molar-refractivity contribution in [1.82, 2.24) is 9.97 Å². The highest BCUT2D eigenvalue weighted by atomic mass is 16.5. The van der Waals surface area contributed by atoms with Gasteiger partial charge < -0.3 is 15.2 Å². The average molecular weight is 346 g/mol. The lowest BCUT2D eigenvalue weighted by atomic mass is 10.1. The van der Waals surface area contributed by atoms with Gasteiger partial charge in [0.1, 0.15) is 24.2 Å². The van der Waals surface area contributed by atoms with Gasteiger partial charge >= 0.3 is 0 Å². The van der Waals surface area contributed by atoms with Crippen molar-refractivity contribution in [2.24, 2.45) is 0 Å². The van der Waals surface area contributed by atoms with Gasteiger partial charge in [-0.1, -0.05) is 42.5 Å². The fourth-order valence-electron chi connectivity index (χ4n) is 2.35. The first-order valence-electron chi connectivity index (χ1n) is 8.15. The van der Waals surface area contributed by atoms with E-state index in [4.69, 9.17) is 10.00 Å². The van der Waals surface area contributed by atoms with Crippen LogP contribution in [0.1, 0.15) is 22.9 Å². The molecule has 26 heavy (non-hydrogen) atoms. The van der Waals surface area contributed by atoms with Gasteiger partial charge in [-0.15, -0.1) is 0 Å². The van der Waals surface area contributed by atoms with Gasteiger partial charge in [-0.2, -0.15) is 5.26 Å². The third kappa shape index (κ3) is 4.79. The predicted molar refractivity (Wildman–Crippen MR) is 97.4 cm³/mol. The number of aromatic nitrogens is 2. The van der Waals surface area contributed by atoms with E-state index in [2.05, 4.69) is 15.3 Å². The number of ether oxygens (including phenoxy) is 1. The lowest BCUT2D eigenvalue weighted by Gasteiger charge is -2.14. The summed E-state index contributed by atoms with van der Waals surface area (Å²) in [7, 11) is 0. The number of aliphatic hydroxyl groups is 1. The molecule has 0 bridgehead atoms. The number of nitrogens with zero attached hydrogens (tertiary/aromatic N) is 3. The molecule has 2 N–H and O–H groups in total. The molecule has 0 aliphatic carbocycles. The SMILES string of the molecule is N#Cc1cnc(NCC(O)c2cccc(OCc3ccccc3)c2)cn1. The Hall–Kier alpha value is -3.43. The summed E-state index contributed by atoms with van der Waals surface area (Å²) in [6, 6.07) is 19.2. The van der Waals surface area contributed by atoms with Crippen molar-refractivity contribution in [3.8, 4) is 11.8 Å². The van der Waals surface area contributed by atoms with Crippen molar-refractivity contribution in [1.29, 1.82) is 5.26 Å². The second kappa shape index (κ2) is 8.60. The quantitative estimate of drug-likeness (QED) is 0.683. The van der Waals surface area contributed by atoms with E-state index < -0.39 is 6.10 Å². The molecule has 6 nitrogen and oxygen atoms in total. The molecule has 1 atom stereocenters. The topological polar surface area (TPSA) is 91.1 Å². The van der Waals surface area contributed by atoms with E-state index in [-0.39, 0.29) is 12.2 Å². The number of hydrogen-bond donors (Lipinski definition) is 2. The number of aliphatic hydroxyl groups excluding tert-OH is 1. The molecule has 0 aliphatic rings. The zero-order chi connectivity index (χ0) is 18.2. The van der Waals surface area contributed by atoms with Crippen molar-refractivity contribution in [2.75, 3.05) is 11.9 Å². The Morgan fingerprint density at radius 2 is 1.92 bits per heavy atom. The van der Waals surface area contributed by atoms with Crippen molar-refractivity contribution in [3.05, 3.63) is 83.8 Å². The van der Waals surface area contributed by atoms with E-state index in [1.807, 2.05) is 60.7 Å². The number of benzene rings is 2. The molecule has 3 rings (SSSR count). The highest BCUT2D eigenvalue weighted by molar-refractivity contribution is 5.35. The van der Waals surface area contributed by atoms with E-state index in [0.717, 1.165) is 11.1 Å². The van der Waals surface area contributed by atoms with Crippen LogP contribution in [0.2, 0.25) is 0 Å². The second-order valence-electron chi connectivity index (χ2n) is 5.64. The van der Waals surface area contributed by atoms with Crippen LogP contribution in [0.5, 0.6) is 5.75 Å². The summed E-state index contributed by atoms with van der Waals surface area (Å²) < 4.78 is 5.79. The van der Waals surface area contributed by atoms with Crippen molar-refractivity contribution >= 4 is 5.82 Å². The normalized spacial score (nSPS) is 11.4. The number of nitriles is 1. The third-order valence-corrected chi connectivity index (χ3v) is 3.73. The third-order valence-electron chi connectivity index (χ3n) is 3.73. The summed E-state index contributed by atoms with van der Waals surface area (Å²) in [6.45, 7) is 0.738. The van der Waals surface area contributed by atoms with Crippen LogP contribution < -0.4 is 10.1 Å². The van der Waals surface area contributed by atoms with Crippen LogP contribution in [-0.2, 0) is 6.61 Å². The molecule has 130 valence electrons. The molecule has 0 aliphatic heterocycles. The molecule has 1 aromatic heterocycles. The Labute approximate surface area is 151 Å². The second-order valence-corrected chi connectivity index (χ2v) is 5.64. The van der Waals surface area contributed by atoms with Gasteiger partial charge in [-0.05, 0) is 23.3 Å². The monoisotopic (exact) mass is 346 g/mol. The summed E-state index contributed by atoms with van der Waals surface area (Å²) in [5, 5.41) is 22.1. The van der Waals surface area contributed by atoms with Gasteiger partial charge in [0.05, 0.1) is 18.5 Å². The minimum atomic E-state index is -0.729. The maximum absolute atomic E-state index is 10.4. The van der Waals surface area contributed by atoms with Crippen LogP contribution in [0.3, 0.4) is 0 Å². The van der Waals surface area contributed by atoms with Gasteiger partial charge in [-0.25, -0.2) is 9.97 Å². The zero-order valence-corrected chi connectivity index (χ0v) is 14.0. The van der Waals surface area contributed by atoms with Crippen LogP contribution in [0.4, 0.5) is 5.82 Å². The first-order valence-corrected chi connectivity index (χ1v) is 8.15. The fraction of sp³-hybridized carbons (Fsp3) is 0.150. The Bertz CT molecular complexity index is 876. The molecule has 0 saturated heterocycles. The molecule has 0 radical (unpaired) electrons. The molecular formula is C20H18N4O2. The summed E-state index contributed by atoms with van der Waals surface area (Å²) in [4.78, 5) is 7.99. The van der Waals surface area contributed by atoms with Crippen LogP contribution in [-0.4, -0.2) is 21.6 Å². The highest BCUT2D eigenvalue weighted by Crippen LogP contribution is 2.20. The average Bonchev–Trinajstić information content (AvgIpc) is 2.72. The maximum atomic E-state index is 10.4. The summed E-state index contributed by atoms with van der Waals surface area (Å²) in [5.74, 6) is 1.20. The molecule has 0 fully saturated rings. The van der Waals surface area contributed by atoms with Gasteiger partial charge in [0.2, 0.25) is 0 Å². The molecule has 0 amide bonds. The minimum Gasteiger partial charge on any atom is -0.489 e. The number of nitrogens with one attached hydrogen (secondary N) is 1. The fourth-order valence-corrected chi connectivity index (χ4v) is 2.35. The molecule has 2 aromatic carbocycles. The number of rotatable bonds is 7. The molecule has 0 saturated carbocycles. The maximum Gasteiger partial charge on any atom is 0.158 e. The van der Waals surface area contributed by atoms with Gasteiger partial charge in [0.25, 0.3) is 0 Å². The largest absolute Gasteiger partial charge is 0.489 e. The highest BCUT2D eigenvalue weighted by Gasteiger charge is 2.09. The molecule has 1 unspecified atom stereocenters. The van der Waals surface area contributed by atoms with Crippen LogP contribution in [0.25, 0.3) is 0 Å². The zero-order valence-electron chi connectivity index (χ0n) is 14.0. The lowest BCUT2D eigenvalue weighted by Crippen LogP contribution is -2.13. The smallest absolute Gasteiger partial charge is 0.158 e. The summed E-state index contributed by atoms with van der Waals surface area (Å²) in [5.41, 5.74) is 2.07. The Morgan fingerprint density at radius 1 is 1.08 bits per heavy atom. The summed E-state index contributed by atoms with van der Waals surface area (Å²) >= 11 is 0. The summed E-state index contributed by atoms with van der Waals surface area (Å²) in [6.07, 6.45) is 2.12. The first kappa shape index (κ1) is 17.4. The van der Waals surface area contributed by atoms with Gasteiger partial charge in [-0.3, -0.25) is 0 Å². The number of anilines is 1. The van der Waals surface area contributed by atoms with E-state index in [1.54, 1.807) is 0 Å². The Morgan fingerprint density at radius 3 is 2.65 bits per heavy atom. The van der Waals surface area contributed by atoms with Gasteiger partial charge in [0.15, 0.2) is 5.69 Å². The van der Waals surface area contributed by atoms with E-state index in [0.29, 0.717) is 18.2 Å². The van der Waals surface area contributed by atoms with Crippen LogP contribution >= 0.6 is 0 Å². The minimum absolute atomic E-state index is 0.249. The first-order chi connectivity index (χ1) is 12.7.